The smallest absolute Gasteiger partial charge is 0.312 e. The van der Waals surface area contributed by atoms with Gasteiger partial charge in [0.15, 0.2) is 0 Å². The van der Waals surface area contributed by atoms with Crippen molar-refractivity contribution in [2.75, 3.05) is 31.1 Å². The monoisotopic (exact) mass is 320 g/mol. The van der Waals surface area contributed by atoms with E-state index in [-0.39, 0.29) is 5.91 Å². The van der Waals surface area contributed by atoms with E-state index in [1.54, 1.807) is 0 Å². The van der Waals surface area contributed by atoms with E-state index < -0.39 is 6.03 Å². The van der Waals surface area contributed by atoms with Gasteiger partial charge >= 0.3 is 6.03 Å². The number of nitrogens with zero attached hydrogens (tertiary/aromatic N) is 1. The predicted molar refractivity (Wildman–Crippen MR) is 93.5 cm³/mol. The molecule has 4 N–H and O–H groups in total. The zero-order valence-electron chi connectivity index (χ0n) is 14.1. The fourth-order valence-corrected chi connectivity index (χ4v) is 2.34. The molecule has 6 heteroatoms. The Morgan fingerprint density at radius 3 is 2.61 bits per heavy atom. The first-order chi connectivity index (χ1) is 11.0. The number of likely N-dealkylation sites (N-methyl/N-ethyl adjacent to an activating group) is 1. The highest BCUT2D eigenvalue weighted by atomic mass is 16.2. The van der Waals surface area contributed by atoms with E-state index in [1.807, 2.05) is 6.07 Å². The van der Waals surface area contributed by atoms with Crippen molar-refractivity contribution < 1.29 is 9.59 Å². The quantitative estimate of drug-likeness (QED) is 0.574. The molecule has 0 bridgehead atoms. The molecule has 0 aliphatic rings. The Balaban J connectivity index is 2.21. The number of carbonyl (C=O) groups is 2. The lowest BCUT2D eigenvalue weighted by molar-refractivity contribution is -0.121. The Morgan fingerprint density at radius 2 is 1.96 bits per heavy atom. The Labute approximate surface area is 138 Å². The van der Waals surface area contributed by atoms with Crippen molar-refractivity contribution in [3.63, 3.8) is 0 Å². The van der Waals surface area contributed by atoms with E-state index in [0.717, 1.165) is 25.9 Å². The molecule has 128 valence electrons. The second kappa shape index (κ2) is 10.5. The van der Waals surface area contributed by atoms with Gasteiger partial charge in [0.2, 0.25) is 5.91 Å². The number of carbonyl (C=O) groups excluding carboxylic acids is 2. The van der Waals surface area contributed by atoms with Crippen molar-refractivity contribution in [2.45, 2.75) is 33.1 Å². The van der Waals surface area contributed by atoms with Crippen LogP contribution in [0.15, 0.2) is 24.3 Å². The molecule has 0 fully saturated rings. The summed E-state index contributed by atoms with van der Waals surface area (Å²) in [5, 5.41) is 5.45. The number of anilines is 1. The van der Waals surface area contributed by atoms with E-state index in [2.05, 4.69) is 47.6 Å². The van der Waals surface area contributed by atoms with Gasteiger partial charge in [0.1, 0.15) is 0 Å². The van der Waals surface area contributed by atoms with E-state index in [9.17, 15) is 9.59 Å². The Hall–Kier alpha value is -2.24. The minimum atomic E-state index is -0.523. The van der Waals surface area contributed by atoms with Crippen LogP contribution in [0.1, 0.15) is 31.7 Å². The lowest BCUT2D eigenvalue weighted by Gasteiger charge is -2.23. The average Bonchev–Trinajstić information content (AvgIpc) is 2.51. The summed E-state index contributed by atoms with van der Waals surface area (Å²) >= 11 is 0. The molecule has 0 aliphatic carbocycles. The number of aryl methyl sites for hydroxylation is 1. The van der Waals surface area contributed by atoms with Crippen molar-refractivity contribution in [3.05, 3.63) is 29.8 Å². The SMILES string of the molecule is CCN(CCNC(=O)CCCCNC(N)=O)c1cccc(C)c1. The van der Waals surface area contributed by atoms with Crippen LogP contribution in [0.25, 0.3) is 0 Å². The fraction of sp³-hybridized carbons (Fsp3) is 0.529. The molecular weight excluding hydrogens is 292 g/mol. The van der Waals surface area contributed by atoms with Gasteiger partial charge in [-0.1, -0.05) is 12.1 Å². The highest BCUT2D eigenvalue weighted by molar-refractivity contribution is 5.75. The third-order valence-corrected chi connectivity index (χ3v) is 3.58. The summed E-state index contributed by atoms with van der Waals surface area (Å²) in [6, 6.07) is 7.84. The Kier molecular flexibility index (Phi) is 8.57. The largest absolute Gasteiger partial charge is 0.370 e. The molecule has 0 radical (unpaired) electrons. The molecule has 0 saturated carbocycles. The van der Waals surface area contributed by atoms with Crippen LogP contribution in [0.2, 0.25) is 0 Å². The molecule has 0 spiro atoms. The summed E-state index contributed by atoms with van der Waals surface area (Å²) in [5.41, 5.74) is 7.38. The van der Waals surface area contributed by atoms with Gasteiger partial charge in [0, 0.05) is 38.3 Å². The standard InChI is InChI=1S/C17H28N4O2/c1-3-21(15-8-6-7-14(2)13-15)12-11-19-16(22)9-4-5-10-20-17(18)23/h6-8,13H,3-5,9-12H2,1-2H3,(H,19,22)(H3,18,20,23). The van der Waals surface area contributed by atoms with Crippen molar-refractivity contribution >= 4 is 17.6 Å². The maximum Gasteiger partial charge on any atom is 0.312 e. The number of urea groups is 1. The summed E-state index contributed by atoms with van der Waals surface area (Å²) in [6.07, 6.45) is 1.96. The van der Waals surface area contributed by atoms with E-state index >= 15 is 0 Å². The summed E-state index contributed by atoms with van der Waals surface area (Å²) in [6.45, 7) is 7.01. The fourth-order valence-electron chi connectivity index (χ4n) is 2.34. The van der Waals surface area contributed by atoms with Gasteiger partial charge in [0.25, 0.3) is 0 Å². The lowest BCUT2D eigenvalue weighted by Crippen LogP contribution is -2.35. The topological polar surface area (TPSA) is 87.5 Å². The molecule has 1 aromatic carbocycles. The number of nitrogens with two attached hydrogens (primary N) is 1. The molecule has 0 aromatic heterocycles. The third-order valence-electron chi connectivity index (χ3n) is 3.58. The van der Waals surface area contributed by atoms with Gasteiger partial charge in [0.05, 0.1) is 0 Å². The van der Waals surface area contributed by atoms with E-state index in [4.69, 9.17) is 5.73 Å². The van der Waals surface area contributed by atoms with E-state index in [1.165, 1.54) is 11.3 Å². The Morgan fingerprint density at radius 1 is 1.17 bits per heavy atom. The van der Waals surface area contributed by atoms with Gasteiger partial charge in [-0.25, -0.2) is 4.79 Å². The van der Waals surface area contributed by atoms with Gasteiger partial charge < -0.3 is 21.3 Å². The highest BCUT2D eigenvalue weighted by Crippen LogP contribution is 2.14. The van der Waals surface area contributed by atoms with Crippen LogP contribution in [0, 0.1) is 6.92 Å². The normalized spacial score (nSPS) is 10.2. The average molecular weight is 320 g/mol. The van der Waals surface area contributed by atoms with Crippen molar-refractivity contribution in [3.8, 4) is 0 Å². The number of rotatable bonds is 10. The van der Waals surface area contributed by atoms with Crippen LogP contribution in [0.4, 0.5) is 10.5 Å². The lowest BCUT2D eigenvalue weighted by atomic mass is 10.2. The first-order valence-corrected chi connectivity index (χ1v) is 8.14. The second-order valence-corrected chi connectivity index (χ2v) is 5.52. The molecule has 0 unspecified atom stereocenters. The number of hydrogen-bond acceptors (Lipinski definition) is 3. The van der Waals surface area contributed by atoms with Gasteiger partial charge in [-0.05, 0) is 44.4 Å². The molecule has 6 nitrogen and oxygen atoms in total. The first kappa shape index (κ1) is 18.8. The van der Waals surface area contributed by atoms with Crippen LogP contribution in [-0.4, -0.2) is 38.1 Å². The summed E-state index contributed by atoms with van der Waals surface area (Å²) in [4.78, 5) is 24.5. The molecule has 1 rings (SSSR count). The minimum absolute atomic E-state index is 0.0457. The first-order valence-electron chi connectivity index (χ1n) is 8.14. The Bertz CT molecular complexity index is 505. The maximum absolute atomic E-state index is 11.8. The minimum Gasteiger partial charge on any atom is -0.370 e. The zero-order valence-corrected chi connectivity index (χ0v) is 14.1. The van der Waals surface area contributed by atoms with Crippen LogP contribution >= 0.6 is 0 Å². The highest BCUT2D eigenvalue weighted by Gasteiger charge is 2.06. The van der Waals surface area contributed by atoms with Crippen LogP contribution < -0.4 is 21.3 Å². The summed E-state index contributed by atoms with van der Waals surface area (Å²) in [7, 11) is 0. The zero-order chi connectivity index (χ0) is 17.1. The number of hydrogen-bond donors (Lipinski definition) is 3. The van der Waals surface area contributed by atoms with Gasteiger partial charge in [-0.2, -0.15) is 0 Å². The summed E-state index contributed by atoms with van der Waals surface area (Å²) < 4.78 is 0. The molecule has 0 saturated heterocycles. The van der Waals surface area contributed by atoms with Crippen molar-refractivity contribution in [2.24, 2.45) is 5.73 Å². The molecule has 0 heterocycles. The number of benzene rings is 1. The second-order valence-electron chi connectivity index (χ2n) is 5.52. The number of amides is 3. The maximum atomic E-state index is 11.8. The van der Waals surface area contributed by atoms with Gasteiger partial charge in [-0.3, -0.25) is 4.79 Å². The van der Waals surface area contributed by atoms with E-state index in [0.29, 0.717) is 19.5 Å². The molecule has 0 aliphatic heterocycles. The van der Waals surface area contributed by atoms with Crippen LogP contribution in [0.3, 0.4) is 0 Å². The molecule has 1 aromatic rings. The predicted octanol–water partition coefficient (Wildman–Crippen LogP) is 1.78. The van der Waals surface area contributed by atoms with Crippen molar-refractivity contribution in [1.29, 1.82) is 0 Å². The number of nitrogens with one attached hydrogen (secondary N) is 2. The number of unbranched alkanes of at least 4 members (excludes halogenated alkanes) is 1. The molecule has 3 amide bonds. The molecular formula is C17H28N4O2. The van der Waals surface area contributed by atoms with Crippen LogP contribution in [0.5, 0.6) is 0 Å². The van der Waals surface area contributed by atoms with Gasteiger partial charge in [-0.15, -0.1) is 0 Å². The number of primary amides is 1. The third kappa shape index (κ3) is 8.09. The summed E-state index contributed by atoms with van der Waals surface area (Å²) in [5.74, 6) is 0.0457. The van der Waals surface area contributed by atoms with Crippen LogP contribution in [-0.2, 0) is 4.79 Å². The molecule has 0 atom stereocenters. The van der Waals surface area contributed by atoms with Crippen molar-refractivity contribution in [1.82, 2.24) is 10.6 Å². The molecule has 23 heavy (non-hydrogen) atoms.